The van der Waals surface area contributed by atoms with Crippen molar-refractivity contribution in [3.8, 4) is 0 Å². The van der Waals surface area contributed by atoms with Crippen LogP contribution in [-0.4, -0.2) is 76.8 Å². The Labute approximate surface area is 338 Å². The molecule has 2 aliphatic heterocycles. The predicted octanol–water partition coefficient (Wildman–Crippen LogP) is 10.5. The van der Waals surface area contributed by atoms with Crippen LogP contribution in [0.2, 0.25) is 0 Å². The average molecular weight is 771 g/mol. The second-order valence-corrected chi connectivity index (χ2v) is 18.1. The van der Waals surface area contributed by atoms with Gasteiger partial charge in [0.25, 0.3) is 0 Å². The number of hydrogen-bond donors (Lipinski definition) is 0. The molecule has 8 heteroatoms. The van der Waals surface area contributed by atoms with Gasteiger partial charge < -0.3 is 0 Å². The van der Waals surface area contributed by atoms with Crippen LogP contribution >= 0.6 is 0 Å². The Bertz CT molecular complexity index is 1620. The lowest BCUT2D eigenvalue weighted by Crippen LogP contribution is -2.49. The van der Waals surface area contributed by atoms with Gasteiger partial charge in [-0.15, -0.1) is 0 Å². The third-order valence-electron chi connectivity index (χ3n) is 13.4. The molecule has 0 radical (unpaired) electrons. The quantitative estimate of drug-likeness (QED) is 0.258. The van der Waals surface area contributed by atoms with Crippen LogP contribution in [0.15, 0.2) is 75.9 Å². The van der Waals surface area contributed by atoms with Crippen LogP contribution in [0.5, 0.6) is 0 Å². The molecule has 7 rings (SSSR count). The summed E-state index contributed by atoms with van der Waals surface area (Å²) in [5.41, 5.74) is 3.68. The number of piperazine rings is 1. The molecule has 308 valence electrons. The number of carbonyl (C=O) groups is 3. The first-order valence-corrected chi connectivity index (χ1v) is 22.0. The number of carbonyl (C=O) groups excluding carboxylic acids is 3. The summed E-state index contributed by atoms with van der Waals surface area (Å²) < 4.78 is 14.3. The average Bonchev–Trinajstić information content (AvgIpc) is 4.01. The van der Waals surface area contributed by atoms with E-state index in [1.165, 1.54) is 81.0 Å². The van der Waals surface area contributed by atoms with Crippen LogP contribution in [0.1, 0.15) is 138 Å². The second-order valence-electron chi connectivity index (χ2n) is 18.1. The Morgan fingerprint density at radius 3 is 2.11 bits per heavy atom. The number of halogens is 1. The van der Waals surface area contributed by atoms with E-state index in [0.717, 1.165) is 87.9 Å². The van der Waals surface area contributed by atoms with Crippen molar-refractivity contribution in [1.82, 2.24) is 14.7 Å². The second kappa shape index (κ2) is 20.5. The van der Waals surface area contributed by atoms with Gasteiger partial charge in [0.05, 0.1) is 11.6 Å². The van der Waals surface area contributed by atoms with Crippen LogP contribution in [0, 0.1) is 29.1 Å². The van der Waals surface area contributed by atoms with Crippen LogP contribution in [-0.2, 0) is 14.4 Å². The molecular weight excluding hydrogens is 700 g/mol. The number of amidine groups is 1. The molecule has 0 bridgehead atoms. The van der Waals surface area contributed by atoms with E-state index in [1.54, 1.807) is 6.92 Å². The molecule has 1 saturated heterocycles. The van der Waals surface area contributed by atoms with Gasteiger partial charge in [0, 0.05) is 69.6 Å². The molecule has 7 aliphatic rings. The van der Waals surface area contributed by atoms with E-state index in [1.807, 2.05) is 12.2 Å². The molecule has 0 N–H and O–H groups in total. The molecule has 0 aromatic carbocycles. The first-order valence-electron chi connectivity index (χ1n) is 22.0. The van der Waals surface area contributed by atoms with Crippen molar-refractivity contribution in [2.24, 2.45) is 34.1 Å². The van der Waals surface area contributed by atoms with Crippen molar-refractivity contribution in [3.63, 3.8) is 0 Å². The van der Waals surface area contributed by atoms with Gasteiger partial charge in [-0.2, -0.15) is 0 Å². The number of hydrogen-bond acceptors (Lipinski definition) is 6. The number of Topliss-reactive ketones (excluding diaryl/α,β-unsaturated/α-hetero) is 2. The molecule has 7 nitrogen and oxygen atoms in total. The van der Waals surface area contributed by atoms with Crippen molar-refractivity contribution < 1.29 is 18.8 Å². The summed E-state index contributed by atoms with van der Waals surface area (Å²) in [4.78, 5) is 47.2. The highest BCUT2D eigenvalue weighted by atomic mass is 19.1. The maximum absolute atomic E-state index is 14.3. The van der Waals surface area contributed by atoms with Gasteiger partial charge in [0.2, 0.25) is 5.91 Å². The van der Waals surface area contributed by atoms with Gasteiger partial charge in [-0.3, -0.25) is 29.1 Å². The maximum Gasteiger partial charge on any atom is 0.229 e. The Morgan fingerprint density at radius 2 is 1.54 bits per heavy atom. The van der Waals surface area contributed by atoms with Crippen molar-refractivity contribution >= 4 is 23.3 Å². The number of ketones is 2. The van der Waals surface area contributed by atoms with Gasteiger partial charge in [-0.1, -0.05) is 94.7 Å². The van der Waals surface area contributed by atoms with Gasteiger partial charge >= 0.3 is 0 Å². The number of fused-ring (bicyclic) bond motifs is 1. The van der Waals surface area contributed by atoms with E-state index < -0.39 is 11.3 Å². The summed E-state index contributed by atoms with van der Waals surface area (Å²) in [6.45, 7) is 19.5. The Morgan fingerprint density at radius 1 is 0.875 bits per heavy atom. The molecule has 1 amide bonds. The summed E-state index contributed by atoms with van der Waals surface area (Å²) in [6.07, 6.45) is 30.1. The van der Waals surface area contributed by atoms with Crippen molar-refractivity contribution in [2.75, 3.05) is 32.7 Å². The van der Waals surface area contributed by atoms with Gasteiger partial charge in [0.15, 0.2) is 0 Å². The van der Waals surface area contributed by atoms with Gasteiger partial charge in [-0.05, 0) is 95.3 Å². The summed E-state index contributed by atoms with van der Waals surface area (Å²) in [7, 11) is 0. The minimum absolute atomic E-state index is 0.144. The zero-order valence-electron chi connectivity index (χ0n) is 35.8. The Hall–Kier alpha value is -3.23. The van der Waals surface area contributed by atoms with E-state index >= 15 is 0 Å². The van der Waals surface area contributed by atoms with Crippen LogP contribution in [0.25, 0.3) is 0 Å². The van der Waals surface area contributed by atoms with E-state index in [0.29, 0.717) is 36.4 Å². The minimum Gasteiger partial charge on any atom is -0.300 e. The molecule has 4 fully saturated rings. The Kier molecular flexibility index (Phi) is 16.0. The van der Waals surface area contributed by atoms with E-state index in [4.69, 9.17) is 0 Å². The van der Waals surface area contributed by atoms with E-state index in [9.17, 15) is 18.8 Å². The molecule has 0 aromatic rings. The Balaban J connectivity index is 0.000000289. The zero-order chi connectivity index (χ0) is 40.4. The highest BCUT2D eigenvalue weighted by Gasteiger charge is 2.66. The molecule has 3 saturated carbocycles. The zero-order valence-corrected chi connectivity index (χ0v) is 35.8. The van der Waals surface area contributed by atoms with Crippen LogP contribution in [0.3, 0.4) is 0 Å². The topological polar surface area (TPSA) is 73.3 Å². The molecule has 56 heavy (non-hydrogen) atoms. The van der Waals surface area contributed by atoms with Crippen molar-refractivity contribution in [2.45, 2.75) is 144 Å². The number of nitrogens with zero attached hydrogens (tertiary/aromatic N) is 4. The third-order valence-corrected chi connectivity index (χ3v) is 13.4. The predicted molar refractivity (Wildman–Crippen MR) is 228 cm³/mol. The fraction of sp³-hybridized carbons (Fsp3) is 0.667. The lowest BCUT2D eigenvalue weighted by atomic mass is 9.84. The van der Waals surface area contributed by atoms with Crippen molar-refractivity contribution in [1.29, 1.82) is 0 Å². The summed E-state index contributed by atoms with van der Waals surface area (Å²) in [5, 5.41) is 0. The highest BCUT2D eigenvalue weighted by Crippen LogP contribution is 2.61. The monoisotopic (exact) mass is 771 g/mol. The molecular formula is C48H71FN4O3. The minimum atomic E-state index is -1.03. The normalized spacial score (nSPS) is 28.5. The largest absolute Gasteiger partial charge is 0.300 e. The molecule has 2 unspecified atom stereocenters. The third kappa shape index (κ3) is 11.5. The van der Waals surface area contributed by atoms with Crippen LogP contribution < -0.4 is 0 Å². The standard InChI is InChI=1S/C32H41FN4O2.C8H14O.C8H16/c1-22(2)36-17-15-35(16-18-36)21-25-7-5-8-26(12-11-25)27-9-6-10-28(14-13-27)37(24(4)39)31-32(23(3)38)19-29(32)30(33)20-34-31;1-7(9)8-5-3-2-4-6-8;1-7-3-5-8(2)6-4-7/h6,9-13,20,22,29H,5,7-8,14-19,21H2,1-4H3;8H,2-6H2,1H3;7-8H,3-6H2,1-2H3. The number of allylic oxidation sites excluding steroid dienone is 9. The van der Waals surface area contributed by atoms with E-state index in [2.05, 4.69) is 66.8 Å². The molecule has 0 aromatic heterocycles. The summed E-state index contributed by atoms with van der Waals surface area (Å²) in [5.74, 6) is 1.97. The van der Waals surface area contributed by atoms with E-state index in [-0.39, 0.29) is 17.5 Å². The number of aliphatic imine (C=N–C) groups is 1. The summed E-state index contributed by atoms with van der Waals surface area (Å²) >= 11 is 0. The molecule has 2 atom stereocenters. The fourth-order valence-electron chi connectivity index (χ4n) is 9.40. The van der Waals surface area contributed by atoms with Crippen molar-refractivity contribution in [3.05, 3.63) is 70.9 Å². The highest BCUT2D eigenvalue weighted by molar-refractivity contribution is 6.17. The first-order chi connectivity index (χ1) is 26.8. The molecule has 0 spiro atoms. The lowest BCUT2D eigenvalue weighted by Gasteiger charge is -2.37. The number of amides is 1. The SMILES string of the molecule is CC(=O)C1CCCCC1.CC(=O)N(C1=CC=CC(C2=CC=C(CN3CCN(C(C)C)CC3)CCC2)=CC1)C1=NC=C(F)C2CC12C(C)=O.CC1CCC(C)CC1. The van der Waals surface area contributed by atoms with Gasteiger partial charge in [0.1, 0.15) is 23.2 Å². The fourth-order valence-corrected chi connectivity index (χ4v) is 9.40. The summed E-state index contributed by atoms with van der Waals surface area (Å²) in [6, 6.07) is 0.615. The molecule has 2 heterocycles. The first kappa shape index (κ1) is 43.9. The smallest absolute Gasteiger partial charge is 0.229 e. The number of rotatable bonds is 7. The van der Waals surface area contributed by atoms with Crippen LogP contribution in [0.4, 0.5) is 4.39 Å². The maximum atomic E-state index is 14.3. The molecule has 5 aliphatic carbocycles. The lowest BCUT2D eigenvalue weighted by molar-refractivity contribution is -0.124. The van der Waals surface area contributed by atoms with Gasteiger partial charge in [-0.25, -0.2) is 9.38 Å².